The molecule has 0 aliphatic carbocycles. The fraction of sp³-hybridized carbons (Fsp3) is 0.793. The Morgan fingerprint density at radius 3 is 2.21 bits per heavy atom. The van der Waals surface area contributed by atoms with Crippen LogP contribution < -0.4 is 10.6 Å². The van der Waals surface area contributed by atoms with Crippen molar-refractivity contribution in [2.45, 2.75) is 103 Å². The molecule has 2 aliphatic rings. The molecule has 2 rings (SSSR count). The van der Waals surface area contributed by atoms with Crippen molar-refractivity contribution in [3.63, 3.8) is 0 Å². The van der Waals surface area contributed by atoms with E-state index in [1.807, 2.05) is 6.92 Å². The number of rotatable bonds is 6. The van der Waals surface area contributed by atoms with E-state index in [4.69, 9.17) is 4.74 Å². The van der Waals surface area contributed by atoms with E-state index >= 15 is 0 Å². The molecule has 0 aromatic rings. The van der Waals surface area contributed by atoms with Gasteiger partial charge in [0.2, 0.25) is 23.6 Å². The highest BCUT2D eigenvalue weighted by Crippen LogP contribution is 2.23. The van der Waals surface area contributed by atoms with Gasteiger partial charge < -0.3 is 40.3 Å². The summed E-state index contributed by atoms with van der Waals surface area (Å²) in [7, 11) is 2.96. The van der Waals surface area contributed by atoms with Crippen LogP contribution in [0, 0.1) is 11.8 Å². The third kappa shape index (κ3) is 8.88. The smallest absolute Gasteiger partial charge is 0.308 e. The van der Waals surface area contributed by atoms with Crippen molar-refractivity contribution >= 4 is 35.5 Å². The minimum Gasteiger partial charge on any atom is -0.452 e. The summed E-state index contributed by atoms with van der Waals surface area (Å²) in [5.74, 6) is -4.22. The number of carbonyl (C=O) groups is 6. The number of ether oxygens (including phenoxy) is 1. The standard InChI is InChI=1S/C29H49N5O9/c1-8-17(4)23-28(41)33(7)24(16(2)3)29(42)32(6)18(5)25(38)30-12-11-22(37)43-21(14-19(36)15-35)27(40)34-13-9-10-20(34)26(39)31-23/h16-21,23-24,35-36H,8-15H2,1-7H3,(H,30,38)(H,31,39)/t17?,18-,19?,20-,21?,23-,24-/m0/s1. The lowest BCUT2D eigenvalue weighted by atomic mass is 9.94. The second kappa shape index (κ2) is 16.0. The lowest BCUT2D eigenvalue weighted by Crippen LogP contribution is -2.60. The maximum atomic E-state index is 13.9. The summed E-state index contributed by atoms with van der Waals surface area (Å²) in [5, 5.41) is 24.8. The molecule has 5 amide bonds. The van der Waals surface area contributed by atoms with Crippen LogP contribution in [-0.4, -0.2) is 131 Å². The highest BCUT2D eigenvalue weighted by atomic mass is 16.5. The molecule has 0 aromatic carbocycles. The number of esters is 1. The number of cyclic esters (lactones) is 1. The maximum absolute atomic E-state index is 13.9. The number of fused-ring (bicyclic) bond motifs is 1. The Kier molecular flexibility index (Phi) is 13.4. The van der Waals surface area contributed by atoms with E-state index in [1.54, 1.807) is 20.8 Å². The average molecular weight is 612 g/mol. The van der Waals surface area contributed by atoms with Crippen LogP contribution in [0.1, 0.15) is 66.7 Å². The first-order valence-corrected chi connectivity index (χ1v) is 15.1. The first-order valence-electron chi connectivity index (χ1n) is 15.1. The maximum Gasteiger partial charge on any atom is 0.308 e. The molecule has 0 saturated carbocycles. The monoisotopic (exact) mass is 611 g/mol. The molecule has 14 heteroatoms. The lowest BCUT2D eigenvalue weighted by molar-refractivity contribution is -0.163. The van der Waals surface area contributed by atoms with E-state index in [0.29, 0.717) is 19.3 Å². The summed E-state index contributed by atoms with van der Waals surface area (Å²) in [5.41, 5.74) is 0. The summed E-state index contributed by atoms with van der Waals surface area (Å²) >= 11 is 0. The van der Waals surface area contributed by atoms with Gasteiger partial charge in [-0.3, -0.25) is 28.8 Å². The third-order valence-electron chi connectivity index (χ3n) is 8.45. The Bertz CT molecular complexity index is 1040. The van der Waals surface area contributed by atoms with Gasteiger partial charge in [0.15, 0.2) is 6.10 Å². The first kappa shape index (κ1) is 35.9. The highest BCUT2D eigenvalue weighted by molar-refractivity contribution is 5.96. The van der Waals surface area contributed by atoms with Crippen molar-refractivity contribution in [2.75, 3.05) is 33.8 Å². The number of nitrogens with one attached hydrogen (secondary N) is 2. The Labute approximate surface area is 253 Å². The van der Waals surface area contributed by atoms with Crippen LogP contribution >= 0.6 is 0 Å². The Morgan fingerprint density at radius 1 is 0.977 bits per heavy atom. The van der Waals surface area contributed by atoms with Gasteiger partial charge in [-0.1, -0.05) is 34.1 Å². The molecule has 0 spiro atoms. The molecule has 244 valence electrons. The molecule has 0 radical (unpaired) electrons. The highest BCUT2D eigenvalue weighted by Gasteiger charge is 2.43. The van der Waals surface area contributed by atoms with Crippen LogP contribution in [-0.2, 0) is 33.5 Å². The van der Waals surface area contributed by atoms with Crippen molar-refractivity contribution in [1.29, 1.82) is 0 Å². The second-order valence-corrected chi connectivity index (χ2v) is 11.9. The summed E-state index contributed by atoms with van der Waals surface area (Å²) in [6, 6.07) is -3.84. The van der Waals surface area contributed by atoms with Crippen molar-refractivity contribution in [3.8, 4) is 0 Å². The molecule has 14 nitrogen and oxygen atoms in total. The van der Waals surface area contributed by atoms with Gasteiger partial charge in [-0.25, -0.2) is 0 Å². The first-order chi connectivity index (χ1) is 20.2. The quantitative estimate of drug-likeness (QED) is 0.274. The lowest BCUT2D eigenvalue weighted by Gasteiger charge is -2.38. The summed E-state index contributed by atoms with van der Waals surface area (Å²) < 4.78 is 5.38. The number of hydrogen-bond donors (Lipinski definition) is 4. The second-order valence-electron chi connectivity index (χ2n) is 11.9. The van der Waals surface area contributed by atoms with Gasteiger partial charge in [0, 0.05) is 33.6 Å². The normalized spacial score (nSPS) is 28.9. The zero-order valence-corrected chi connectivity index (χ0v) is 26.4. The van der Waals surface area contributed by atoms with Gasteiger partial charge >= 0.3 is 5.97 Å². The van der Waals surface area contributed by atoms with E-state index in [0.717, 1.165) is 0 Å². The number of hydrogen-bond acceptors (Lipinski definition) is 9. The Balaban J connectivity index is 2.54. The molecule has 7 atom stereocenters. The number of aliphatic hydroxyl groups excluding tert-OH is 2. The van der Waals surface area contributed by atoms with E-state index in [9.17, 15) is 39.0 Å². The summed E-state index contributed by atoms with van der Waals surface area (Å²) in [6.07, 6.45) is -2.21. The zero-order chi connectivity index (χ0) is 32.6. The number of amides is 5. The molecule has 2 fully saturated rings. The van der Waals surface area contributed by atoms with Gasteiger partial charge in [0.25, 0.3) is 5.91 Å². The van der Waals surface area contributed by atoms with Crippen LogP contribution in [0.3, 0.4) is 0 Å². The molecular weight excluding hydrogens is 562 g/mol. The summed E-state index contributed by atoms with van der Waals surface area (Å²) in [4.78, 5) is 84.1. The molecule has 2 heterocycles. The predicted octanol–water partition coefficient (Wildman–Crippen LogP) is -0.987. The largest absolute Gasteiger partial charge is 0.452 e. The minimum atomic E-state index is -1.48. The molecular formula is C29H49N5O9. The fourth-order valence-corrected chi connectivity index (χ4v) is 5.42. The number of aliphatic hydroxyl groups is 2. The minimum absolute atomic E-state index is 0.148. The van der Waals surface area contributed by atoms with Gasteiger partial charge in [0.1, 0.15) is 24.2 Å². The molecule has 4 N–H and O–H groups in total. The summed E-state index contributed by atoms with van der Waals surface area (Å²) in [6.45, 7) is 8.14. The van der Waals surface area contributed by atoms with Crippen LogP contribution in [0.4, 0.5) is 0 Å². The number of likely N-dealkylation sites (N-methyl/N-ethyl adjacent to an activating group) is 2. The topological polar surface area (TPSA) is 186 Å². The molecule has 2 saturated heterocycles. The van der Waals surface area contributed by atoms with Crippen LogP contribution in [0.25, 0.3) is 0 Å². The van der Waals surface area contributed by atoms with Gasteiger partial charge in [-0.2, -0.15) is 0 Å². The predicted molar refractivity (Wildman–Crippen MR) is 155 cm³/mol. The average Bonchev–Trinajstić information content (AvgIpc) is 3.46. The van der Waals surface area contributed by atoms with E-state index in [1.165, 1.54) is 35.7 Å². The van der Waals surface area contributed by atoms with Gasteiger partial charge in [0.05, 0.1) is 19.1 Å². The number of carbonyl (C=O) groups excluding carboxylic acids is 6. The Morgan fingerprint density at radius 2 is 1.63 bits per heavy atom. The molecule has 2 aliphatic heterocycles. The van der Waals surface area contributed by atoms with E-state index < -0.39 is 84.9 Å². The van der Waals surface area contributed by atoms with Crippen LogP contribution in [0.15, 0.2) is 0 Å². The van der Waals surface area contributed by atoms with Crippen LogP contribution in [0.2, 0.25) is 0 Å². The SMILES string of the molecule is CCC(C)[C@@H]1NC(=O)[C@@H]2CCCN2C(=O)C(CC(O)CO)OC(=O)CCNC(=O)[C@H](C)N(C)C(=O)[C@H](C(C)C)N(C)C1=O. The van der Waals surface area contributed by atoms with Crippen molar-refractivity contribution in [1.82, 2.24) is 25.3 Å². The van der Waals surface area contributed by atoms with Crippen molar-refractivity contribution in [3.05, 3.63) is 0 Å². The molecule has 0 bridgehead atoms. The van der Waals surface area contributed by atoms with Gasteiger partial charge in [-0.05, 0) is 31.6 Å². The van der Waals surface area contributed by atoms with Crippen molar-refractivity contribution < 1.29 is 43.7 Å². The van der Waals surface area contributed by atoms with Crippen LogP contribution in [0.5, 0.6) is 0 Å². The molecule has 43 heavy (non-hydrogen) atoms. The fourth-order valence-electron chi connectivity index (χ4n) is 5.42. The Hall–Kier alpha value is -3.26. The van der Waals surface area contributed by atoms with Gasteiger partial charge in [-0.15, -0.1) is 0 Å². The zero-order valence-electron chi connectivity index (χ0n) is 26.4. The number of nitrogens with zero attached hydrogens (tertiary/aromatic N) is 3. The molecule has 0 aromatic heterocycles. The van der Waals surface area contributed by atoms with E-state index in [-0.39, 0.29) is 31.3 Å². The van der Waals surface area contributed by atoms with E-state index in [2.05, 4.69) is 10.6 Å². The molecule has 3 unspecified atom stereocenters. The van der Waals surface area contributed by atoms with Crippen molar-refractivity contribution in [2.24, 2.45) is 11.8 Å². The third-order valence-corrected chi connectivity index (χ3v) is 8.45.